The minimum Gasteiger partial charge on any atom is -0.341 e. The minimum absolute atomic E-state index is 0.0715. The second kappa shape index (κ2) is 10.0. The molecular formula is C21H21ClN8O2. The number of benzene rings is 2. The molecule has 32 heavy (non-hydrogen) atoms. The number of nitro benzene ring substituents is 1. The fourth-order valence-electron chi connectivity index (χ4n) is 3.26. The Morgan fingerprint density at radius 1 is 1.03 bits per heavy atom. The molecular weight excluding hydrogens is 432 g/mol. The summed E-state index contributed by atoms with van der Waals surface area (Å²) < 4.78 is 0. The van der Waals surface area contributed by atoms with Crippen molar-refractivity contribution in [3.8, 4) is 0 Å². The molecule has 0 radical (unpaired) electrons. The zero-order chi connectivity index (χ0) is 22.3. The van der Waals surface area contributed by atoms with Crippen LogP contribution in [0.4, 0.5) is 29.2 Å². The average molecular weight is 453 g/mol. The third-order valence-electron chi connectivity index (χ3n) is 4.85. The molecule has 0 saturated carbocycles. The van der Waals surface area contributed by atoms with Gasteiger partial charge in [-0.2, -0.15) is 20.1 Å². The average Bonchev–Trinajstić information content (AvgIpc) is 2.81. The molecule has 2 N–H and O–H groups in total. The van der Waals surface area contributed by atoms with Crippen LogP contribution in [-0.2, 0) is 0 Å². The molecule has 1 aliphatic rings. The Morgan fingerprint density at radius 2 is 1.78 bits per heavy atom. The Bertz CT molecular complexity index is 1120. The van der Waals surface area contributed by atoms with E-state index in [9.17, 15) is 10.1 Å². The van der Waals surface area contributed by atoms with Crippen LogP contribution in [0.1, 0.15) is 24.8 Å². The van der Waals surface area contributed by atoms with Crippen molar-refractivity contribution < 1.29 is 4.92 Å². The topological polar surface area (TPSA) is 121 Å². The molecule has 0 atom stereocenters. The van der Waals surface area contributed by atoms with Crippen molar-refractivity contribution >= 4 is 47.0 Å². The molecule has 0 amide bonds. The van der Waals surface area contributed by atoms with Crippen molar-refractivity contribution in [2.45, 2.75) is 19.3 Å². The first-order valence-corrected chi connectivity index (χ1v) is 10.5. The Hall–Kier alpha value is -3.79. The van der Waals surface area contributed by atoms with Gasteiger partial charge in [0.25, 0.3) is 5.69 Å². The van der Waals surface area contributed by atoms with Gasteiger partial charge in [-0.25, -0.2) is 5.43 Å². The van der Waals surface area contributed by atoms with E-state index in [1.165, 1.54) is 30.8 Å². The molecule has 1 aromatic heterocycles. The number of aromatic nitrogens is 3. The summed E-state index contributed by atoms with van der Waals surface area (Å²) in [4.78, 5) is 26.1. The van der Waals surface area contributed by atoms with Gasteiger partial charge in [-0.05, 0) is 37.5 Å². The van der Waals surface area contributed by atoms with Crippen LogP contribution in [0.15, 0.2) is 53.6 Å². The third-order valence-corrected chi connectivity index (χ3v) is 5.20. The van der Waals surface area contributed by atoms with Crippen LogP contribution in [0, 0.1) is 10.1 Å². The maximum atomic E-state index is 11.0. The van der Waals surface area contributed by atoms with Gasteiger partial charge in [-0.3, -0.25) is 10.1 Å². The molecule has 0 aliphatic carbocycles. The van der Waals surface area contributed by atoms with Crippen LogP contribution in [0.25, 0.3) is 0 Å². The second-order valence-electron chi connectivity index (χ2n) is 7.15. The van der Waals surface area contributed by atoms with E-state index in [-0.39, 0.29) is 11.6 Å². The van der Waals surface area contributed by atoms with Gasteiger partial charge in [0.2, 0.25) is 17.8 Å². The number of rotatable bonds is 7. The molecule has 164 valence electrons. The zero-order valence-corrected chi connectivity index (χ0v) is 17.9. The van der Waals surface area contributed by atoms with Gasteiger partial charge >= 0.3 is 0 Å². The van der Waals surface area contributed by atoms with E-state index in [0.29, 0.717) is 22.5 Å². The normalized spacial score (nSPS) is 13.8. The number of hydrogen-bond donors (Lipinski definition) is 2. The maximum absolute atomic E-state index is 11.0. The highest BCUT2D eigenvalue weighted by molar-refractivity contribution is 6.33. The van der Waals surface area contributed by atoms with Crippen LogP contribution in [0.3, 0.4) is 0 Å². The first-order valence-electron chi connectivity index (χ1n) is 10.1. The van der Waals surface area contributed by atoms with E-state index in [4.69, 9.17) is 11.6 Å². The molecule has 2 aromatic carbocycles. The molecule has 10 nitrogen and oxygen atoms in total. The van der Waals surface area contributed by atoms with Crippen molar-refractivity contribution in [2.24, 2.45) is 5.10 Å². The monoisotopic (exact) mass is 452 g/mol. The van der Waals surface area contributed by atoms with Crippen molar-refractivity contribution in [3.05, 3.63) is 69.2 Å². The summed E-state index contributed by atoms with van der Waals surface area (Å²) in [5.74, 6) is 1.19. The lowest BCUT2D eigenvalue weighted by Gasteiger charge is -2.26. The lowest BCUT2D eigenvalue weighted by atomic mass is 10.1. The lowest BCUT2D eigenvalue weighted by Crippen LogP contribution is -2.31. The molecule has 1 aliphatic heterocycles. The number of anilines is 4. The summed E-state index contributed by atoms with van der Waals surface area (Å²) in [5.41, 5.74) is 3.97. The van der Waals surface area contributed by atoms with Crippen LogP contribution in [0.5, 0.6) is 0 Å². The van der Waals surface area contributed by atoms with Gasteiger partial charge in [-0.1, -0.05) is 29.8 Å². The minimum atomic E-state index is -0.487. The number of non-ortho nitro benzene ring substituents is 1. The van der Waals surface area contributed by atoms with Gasteiger partial charge < -0.3 is 10.2 Å². The first kappa shape index (κ1) is 21.4. The Balaban J connectivity index is 1.58. The van der Waals surface area contributed by atoms with Crippen molar-refractivity contribution in [2.75, 3.05) is 28.7 Å². The smallest absolute Gasteiger partial charge is 0.270 e. The second-order valence-corrected chi connectivity index (χ2v) is 7.56. The van der Waals surface area contributed by atoms with Gasteiger partial charge in [0.15, 0.2) is 0 Å². The largest absolute Gasteiger partial charge is 0.341 e. The summed E-state index contributed by atoms with van der Waals surface area (Å²) in [6.07, 6.45) is 4.75. The molecule has 0 unspecified atom stereocenters. The number of hydrogen-bond acceptors (Lipinski definition) is 9. The highest BCUT2D eigenvalue weighted by atomic mass is 35.5. The standard InChI is InChI=1S/C21H21ClN8O2/c22-18-10-9-17(30(31)32)13-15(18)14-23-28-20-25-19(24-16-7-3-1-4-8-16)26-21(27-20)29-11-5-2-6-12-29/h1,3-4,7-10,13-14H,2,5-6,11-12H2,(H2,24,25,26,27,28). The summed E-state index contributed by atoms with van der Waals surface area (Å²) in [6, 6.07) is 13.7. The number of para-hydroxylation sites is 1. The first-order chi connectivity index (χ1) is 15.6. The molecule has 0 spiro atoms. The van der Waals surface area contributed by atoms with Crippen LogP contribution < -0.4 is 15.6 Å². The van der Waals surface area contributed by atoms with Gasteiger partial charge in [0.1, 0.15) is 0 Å². The Labute approximate surface area is 189 Å². The van der Waals surface area contributed by atoms with E-state index in [1.807, 2.05) is 30.3 Å². The predicted molar refractivity (Wildman–Crippen MR) is 125 cm³/mol. The number of hydrazone groups is 1. The fourth-order valence-corrected chi connectivity index (χ4v) is 3.43. The molecule has 3 aromatic rings. The quantitative estimate of drug-likeness (QED) is 0.302. The summed E-state index contributed by atoms with van der Waals surface area (Å²) >= 11 is 6.13. The molecule has 0 bridgehead atoms. The number of piperidine rings is 1. The molecule has 4 rings (SSSR count). The van der Waals surface area contributed by atoms with Gasteiger partial charge in [-0.15, -0.1) is 0 Å². The Kier molecular flexibility index (Phi) is 6.71. The van der Waals surface area contributed by atoms with Crippen LogP contribution in [-0.4, -0.2) is 39.2 Å². The number of nitrogens with zero attached hydrogens (tertiary/aromatic N) is 6. The zero-order valence-electron chi connectivity index (χ0n) is 17.1. The number of nitro groups is 1. The van der Waals surface area contributed by atoms with Crippen molar-refractivity contribution in [3.63, 3.8) is 0 Å². The van der Waals surface area contributed by atoms with Crippen molar-refractivity contribution in [1.82, 2.24) is 15.0 Å². The van der Waals surface area contributed by atoms with Crippen LogP contribution in [0.2, 0.25) is 5.02 Å². The number of halogens is 1. The van der Waals surface area contributed by atoms with E-state index in [1.54, 1.807) is 0 Å². The summed E-state index contributed by atoms with van der Waals surface area (Å²) in [5, 5.41) is 18.7. The molecule has 1 saturated heterocycles. The van der Waals surface area contributed by atoms with E-state index in [0.717, 1.165) is 31.6 Å². The highest BCUT2D eigenvalue weighted by Crippen LogP contribution is 2.22. The van der Waals surface area contributed by atoms with Crippen LogP contribution >= 0.6 is 11.6 Å². The lowest BCUT2D eigenvalue weighted by molar-refractivity contribution is -0.384. The fraction of sp³-hybridized carbons (Fsp3) is 0.238. The third kappa shape index (κ3) is 5.46. The molecule has 2 heterocycles. The van der Waals surface area contributed by atoms with E-state index >= 15 is 0 Å². The summed E-state index contributed by atoms with van der Waals surface area (Å²) in [6.45, 7) is 1.75. The number of nitrogens with one attached hydrogen (secondary N) is 2. The van der Waals surface area contributed by atoms with Gasteiger partial charge in [0, 0.05) is 41.5 Å². The Morgan fingerprint density at radius 3 is 2.53 bits per heavy atom. The summed E-state index contributed by atoms with van der Waals surface area (Å²) in [7, 11) is 0. The molecule has 1 fully saturated rings. The predicted octanol–water partition coefficient (Wildman–Crippen LogP) is 4.61. The molecule has 11 heteroatoms. The van der Waals surface area contributed by atoms with E-state index in [2.05, 4.69) is 35.7 Å². The maximum Gasteiger partial charge on any atom is 0.270 e. The van der Waals surface area contributed by atoms with Gasteiger partial charge in [0.05, 0.1) is 11.1 Å². The SMILES string of the molecule is O=[N+]([O-])c1ccc(Cl)c(C=NNc2nc(Nc3ccccc3)nc(N3CCCCC3)n2)c1. The van der Waals surface area contributed by atoms with E-state index < -0.39 is 4.92 Å². The van der Waals surface area contributed by atoms with Crippen molar-refractivity contribution in [1.29, 1.82) is 0 Å². The highest BCUT2D eigenvalue weighted by Gasteiger charge is 2.16.